The van der Waals surface area contributed by atoms with Crippen LogP contribution in [0.2, 0.25) is 0 Å². The number of carbonyl (C=O) groups excluding carboxylic acids is 1. The second-order valence-corrected chi connectivity index (χ2v) is 4.15. The zero-order chi connectivity index (χ0) is 14.4. The zero-order valence-corrected chi connectivity index (χ0v) is 10.4. The lowest BCUT2D eigenvalue weighted by atomic mass is 10.0. The van der Waals surface area contributed by atoms with Crippen LogP contribution >= 0.6 is 0 Å². The summed E-state index contributed by atoms with van der Waals surface area (Å²) in [6, 6.07) is 7.65. The minimum atomic E-state index is -1.29. The topological polar surface area (TPSA) is 104 Å². The lowest BCUT2D eigenvalue weighted by Gasteiger charge is -2.16. The number of amides is 1. The predicted octanol–water partition coefficient (Wildman–Crippen LogP) is 0.519. The van der Waals surface area contributed by atoms with Crippen LogP contribution in [0.5, 0.6) is 0 Å². The summed E-state index contributed by atoms with van der Waals surface area (Å²) in [7, 11) is 0. The van der Waals surface area contributed by atoms with Gasteiger partial charge in [-0.3, -0.25) is 9.59 Å². The molecule has 0 radical (unpaired) electrons. The molecule has 0 heterocycles. The van der Waals surface area contributed by atoms with Gasteiger partial charge in [-0.2, -0.15) is 0 Å². The van der Waals surface area contributed by atoms with Gasteiger partial charge in [-0.05, 0) is 12.5 Å². The fourth-order valence-corrected chi connectivity index (χ4v) is 1.46. The number of benzene rings is 1. The Bertz CT molecular complexity index is 471. The fourth-order valence-electron chi connectivity index (χ4n) is 1.46. The molecule has 0 saturated heterocycles. The van der Waals surface area contributed by atoms with Gasteiger partial charge >= 0.3 is 11.9 Å². The first-order chi connectivity index (χ1) is 8.91. The van der Waals surface area contributed by atoms with Crippen molar-refractivity contribution in [2.24, 2.45) is 5.92 Å². The second-order valence-electron chi connectivity index (χ2n) is 4.15. The van der Waals surface area contributed by atoms with E-state index in [1.807, 2.05) is 0 Å². The number of carboxylic acids is 2. The van der Waals surface area contributed by atoms with Crippen molar-refractivity contribution in [1.29, 1.82) is 0 Å². The molecule has 0 spiro atoms. The fraction of sp³-hybridized carbons (Fsp3) is 0.308. The minimum absolute atomic E-state index is 0.105. The molecule has 1 unspecified atom stereocenters. The van der Waals surface area contributed by atoms with E-state index >= 15 is 0 Å². The van der Waals surface area contributed by atoms with E-state index in [2.05, 4.69) is 5.32 Å². The van der Waals surface area contributed by atoms with E-state index in [0.717, 1.165) is 5.56 Å². The molecule has 1 rings (SSSR count). The molecule has 0 aromatic heterocycles. The Morgan fingerprint density at radius 1 is 1.11 bits per heavy atom. The van der Waals surface area contributed by atoms with E-state index < -0.39 is 29.8 Å². The number of aliphatic carboxylic acids is 2. The zero-order valence-electron chi connectivity index (χ0n) is 10.4. The van der Waals surface area contributed by atoms with Crippen LogP contribution in [0.15, 0.2) is 30.3 Å². The Hall–Kier alpha value is -2.37. The second kappa shape index (κ2) is 6.53. The summed E-state index contributed by atoms with van der Waals surface area (Å²) >= 11 is 0. The van der Waals surface area contributed by atoms with Gasteiger partial charge in [0.15, 0.2) is 0 Å². The van der Waals surface area contributed by atoms with Crippen LogP contribution < -0.4 is 5.32 Å². The summed E-state index contributed by atoms with van der Waals surface area (Å²) in [6.45, 7) is 1.21. The summed E-state index contributed by atoms with van der Waals surface area (Å²) in [6.07, 6.45) is 0.105. The van der Waals surface area contributed by atoms with Gasteiger partial charge in [0.1, 0.15) is 12.0 Å². The molecule has 19 heavy (non-hydrogen) atoms. The summed E-state index contributed by atoms with van der Waals surface area (Å²) < 4.78 is 0. The third-order valence-corrected chi connectivity index (χ3v) is 2.66. The van der Waals surface area contributed by atoms with Crippen molar-refractivity contribution in [3.8, 4) is 0 Å². The third-order valence-electron chi connectivity index (χ3n) is 2.66. The van der Waals surface area contributed by atoms with Gasteiger partial charge in [-0.1, -0.05) is 30.3 Å². The van der Waals surface area contributed by atoms with E-state index in [4.69, 9.17) is 10.2 Å². The van der Waals surface area contributed by atoms with Crippen LogP contribution in [-0.4, -0.2) is 34.1 Å². The quantitative estimate of drug-likeness (QED) is 0.650. The molecule has 1 aromatic carbocycles. The van der Waals surface area contributed by atoms with Gasteiger partial charge in [-0.15, -0.1) is 0 Å². The first-order valence-corrected chi connectivity index (χ1v) is 5.71. The average Bonchev–Trinajstić information content (AvgIpc) is 2.37. The summed E-state index contributed by atoms with van der Waals surface area (Å²) in [5.74, 6) is -4.58. The molecule has 0 bridgehead atoms. The highest BCUT2D eigenvalue weighted by atomic mass is 16.4. The SMILES string of the molecule is CC(C(=O)O)C(=O)N[C@@H](Cc1ccccc1)C(=O)O. The molecule has 2 atom stereocenters. The summed E-state index contributed by atoms with van der Waals surface area (Å²) in [5.41, 5.74) is 0.748. The van der Waals surface area contributed by atoms with Crippen molar-refractivity contribution in [2.45, 2.75) is 19.4 Å². The Morgan fingerprint density at radius 3 is 2.16 bits per heavy atom. The van der Waals surface area contributed by atoms with Crippen LogP contribution in [0.3, 0.4) is 0 Å². The Labute approximate surface area is 110 Å². The van der Waals surface area contributed by atoms with Crippen LogP contribution in [0.1, 0.15) is 12.5 Å². The van der Waals surface area contributed by atoms with Crippen LogP contribution in [0.25, 0.3) is 0 Å². The van der Waals surface area contributed by atoms with Gasteiger partial charge in [-0.25, -0.2) is 4.79 Å². The summed E-state index contributed by atoms with van der Waals surface area (Å²) in [4.78, 5) is 33.2. The van der Waals surface area contributed by atoms with E-state index in [9.17, 15) is 14.4 Å². The van der Waals surface area contributed by atoms with Crippen molar-refractivity contribution < 1.29 is 24.6 Å². The Balaban J connectivity index is 2.72. The molecule has 1 aromatic rings. The van der Waals surface area contributed by atoms with Gasteiger partial charge in [0.2, 0.25) is 5.91 Å². The molecule has 1 amide bonds. The number of hydrogen-bond acceptors (Lipinski definition) is 3. The Kier molecular flexibility index (Phi) is 5.05. The van der Waals surface area contributed by atoms with Crippen molar-refractivity contribution in [3.05, 3.63) is 35.9 Å². The highest BCUT2D eigenvalue weighted by molar-refractivity contribution is 5.98. The van der Waals surface area contributed by atoms with Crippen molar-refractivity contribution in [3.63, 3.8) is 0 Å². The highest BCUT2D eigenvalue weighted by Crippen LogP contribution is 2.05. The molecule has 0 aliphatic heterocycles. The van der Waals surface area contributed by atoms with Crippen molar-refractivity contribution >= 4 is 17.8 Å². The molecule has 0 aliphatic rings. The molecular formula is C13H15NO5. The molecule has 0 fully saturated rings. The monoisotopic (exact) mass is 265 g/mol. The molecule has 0 aliphatic carbocycles. The van der Waals surface area contributed by atoms with E-state index in [-0.39, 0.29) is 6.42 Å². The van der Waals surface area contributed by atoms with E-state index in [0.29, 0.717) is 0 Å². The van der Waals surface area contributed by atoms with Crippen LogP contribution in [0, 0.1) is 5.92 Å². The Morgan fingerprint density at radius 2 is 1.68 bits per heavy atom. The summed E-state index contributed by atoms with van der Waals surface area (Å²) in [5, 5.41) is 20.0. The number of rotatable bonds is 6. The largest absolute Gasteiger partial charge is 0.481 e. The van der Waals surface area contributed by atoms with Crippen molar-refractivity contribution in [1.82, 2.24) is 5.32 Å². The van der Waals surface area contributed by atoms with Gasteiger partial charge < -0.3 is 15.5 Å². The molecule has 3 N–H and O–H groups in total. The molecule has 0 saturated carbocycles. The highest BCUT2D eigenvalue weighted by Gasteiger charge is 2.26. The first kappa shape index (κ1) is 14.7. The third kappa shape index (κ3) is 4.42. The molecular weight excluding hydrogens is 250 g/mol. The number of carboxylic acid groups (broad SMARTS) is 2. The number of carbonyl (C=O) groups is 3. The van der Waals surface area contributed by atoms with Gasteiger partial charge in [0.05, 0.1) is 0 Å². The molecule has 102 valence electrons. The maximum Gasteiger partial charge on any atom is 0.326 e. The maximum absolute atomic E-state index is 11.5. The normalized spacial score (nSPS) is 13.3. The lowest BCUT2D eigenvalue weighted by Crippen LogP contribution is -2.45. The smallest absolute Gasteiger partial charge is 0.326 e. The lowest BCUT2D eigenvalue weighted by molar-refractivity contribution is -0.149. The molecule has 6 heteroatoms. The van der Waals surface area contributed by atoms with Crippen molar-refractivity contribution in [2.75, 3.05) is 0 Å². The van der Waals surface area contributed by atoms with Gasteiger partial charge in [0.25, 0.3) is 0 Å². The maximum atomic E-state index is 11.5. The molecule has 6 nitrogen and oxygen atoms in total. The predicted molar refractivity (Wildman–Crippen MR) is 66.5 cm³/mol. The number of hydrogen-bond donors (Lipinski definition) is 3. The average molecular weight is 265 g/mol. The van der Waals surface area contributed by atoms with Gasteiger partial charge in [0, 0.05) is 6.42 Å². The minimum Gasteiger partial charge on any atom is -0.481 e. The first-order valence-electron chi connectivity index (χ1n) is 5.71. The number of nitrogens with one attached hydrogen (secondary N) is 1. The van der Waals surface area contributed by atoms with E-state index in [1.165, 1.54) is 6.92 Å². The standard InChI is InChI=1S/C13H15NO5/c1-8(12(16)17)11(15)14-10(13(18)19)7-9-5-3-2-4-6-9/h2-6,8,10H,7H2,1H3,(H,14,15)(H,16,17)(H,18,19)/t8?,10-/m0/s1. The van der Waals surface area contributed by atoms with E-state index in [1.54, 1.807) is 30.3 Å². The van der Waals surface area contributed by atoms with Crippen LogP contribution in [-0.2, 0) is 20.8 Å². The van der Waals surface area contributed by atoms with Crippen LogP contribution in [0.4, 0.5) is 0 Å².